The highest BCUT2D eigenvalue weighted by molar-refractivity contribution is 6.33. The number of anilines is 1. The minimum absolute atomic E-state index is 0.145. The molecular weight excluding hydrogens is 296 g/mol. The molecule has 0 atom stereocenters. The van der Waals surface area contributed by atoms with Crippen molar-refractivity contribution < 1.29 is 4.79 Å². The third-order valence-corrected chi connectivity index (χ3v) is 2.58. The van der Waals surface area contributed by atoms with Crippen molar-refractivity contribution in [3.63, 3.8) is 0 Å². The Bertz CT molecular complexity index is 584. The van der Waals surface area contributed by atoms with Crippen molar-refractivity contribution in [3.05, 3.63) is 51.4 Å². The lowest BCUT2D eigenvalue weighted by molar-refractivity contribution is 0.102. The summed E-state index contributed by atoms with van der Waals surface area (Å²) in [5, 5.41) is 3.15. The van der Waals surface area contributed by atoms with Gasteiger partial charge in [0.05, 0.1) is 0 Å². The average Bonchev–Trinajstić information content (AvgIpc) is 2.27. The summed E-state index contributed by atoms with van der Waals surface area (Å²) < 4.78 is 0. The molecule has 0 aromatic carbocycles. The van der Waals surface area contributed by atoms with E-state index in [-0.39, 0.29) is 10.3 Å². The predicted octanol–water partition coefficient (Wildman–Crippen LogP) is 3.69. The van der Waals surface area contributed by atoms with Crippen LogP contribution >= 0.6 is 34.8 Å². The molecule has 18 heavy (non-hydrogen) atoms. The summed E-state index contributed by atoms with van der Waals surface area (Å²) in [6, 6.07) is 7.73. The van der Waals surface area contributed by atoms with Crippen molar-refractivity contribution >= 4 is 46.5 Å². The molecule has 0 aliphatic carbocycles. The van der Waals surface area contributed by atoms with Crippen molar-refractivity contribution in [1.82, 2.24) is 9.97 Å². The number of nitrogens with one attached hydrogen (secondary N) is 1. The lowest BCUT2D eigenvalue weighted by Crippen LogP contribution is -2.13. The SMILES string of the molecule is O=C(Nc1cccc(Cl)n1)c1cc(Cl)nc(Cl)c1. The van der Waals surface area contributed by atoms with Crippen LogP contribution in [0.4, 0.5) is 5.82 Å². The van der Waals surface area contributed by atoms with Crippen molar-refractivity contribution in [3.8, 4) is 0 Å². The molecule has 1 N–H and O–H groups in total. The van der Waals surface area contributed by atoms with Crippen LogP contribution in [0.5, 0.6) is 0 Å². The van der Waals surface area contributed by atoms with Crippen LogP contribution in [0.1, 0.15) is 10.4 Å². The van der Waals surface area contributed by atoms with Gasteiger partial charge in [-0.2, -0.15) is 0 Å². The van der Waals surface area contributed by atoms with Crippen LogP contribution in [-0.2, 0) is 0 Å². The van der Waals surface area contributed by atoms with E-state index in [4.69, 9.17) is 34.8 Å². The van der Waals surface area contributed by atoms with Crippen LogP contribution < -0.4 is 5.32 Å². The van der Waals surface area contributed by atoms with Gasteiger partial charge in [-0.1, -0.05) is 40.9 Å². The molecule has 2 rings (SSSR count). The highest BCUT2D eigenvalue weighted by Crippen LogP contribution is 2.16. The summed E-state index contributed by atoms with van der Waals surface area (Å²) >= 11 is 17.1. The van der Waals surface area contributed by atoms with Crippen LogP contribution in [0.15, 0.2) is 30.3 Å². The van der Waals surface area contributed by atoms with Crippen LogP contribution in [-0.4, -0.2) is 15.9 Å². The first-order valence-corrected chi connectivity index (χ1v) is 5.95. The quantitative estimate of drug-likeness (QED) is 0.861. The number of halogens is 3. The number of aromatic nitrogens is 2. The Morgan fingerprint density at radius 2 is 1.67 bits per heavy atom. The molecule has 0 saturated carbocycles. The molecule has 7 heteroatoms. The monoisotopic (exact) mass is 301 g/mol. The zero-order valence-electron chi connectivity index (χ0n) is 8.82. The number of hydrogen-bond donors (Lipinski definition) is 1. The molecule has 0 aliphatic heterocycles. The van der Waals surface area contributed by atoms with Crippen LogP contribution in [0.25, 0.3) is 0 Å². The third-order valence-electron chi connectivity index (χ3n) is 1.98. The number of carbonyl (C=O) groups excluding carboxylic acids is 1. The van der Waals surface area contributed by atoms with Gasteiger partial charge in [0.15, 0.2) is 0 Å². The third kappa shape index (κ3) is 3.32. The molecule has 4 nitrogen and oxygen atoms in total. The molecule has 0 fully saturated rings. The summed E-state index contributed by atoms with van der Waals surface area (Å²) in [7, 11) is 0. The number of nitrogens with zero attached hydrogens (tertiary/aromatic N) is 2. The molecule has 0 saturated heterocycles. The summed E-state index contributed by atoms with van der Waals surface area (Å²) in [5.41, 5.74) is 0.293. The fourth-order valence-corrected chi connectivity index (χ4v) is 1.89. The second kappa shape index (κ2) is 5.52. The van der Waals surface area contributed by atoms with Crippen molar-refractivity contribution in [1.29, 1.82) is 0 Å². The lowest BCUT2D eigenvalue weighted by Gasteiger charge is -2.05. The van der Waals surface area contributed by atoms with E-state index >= 15 is 0 Å². The number of rotatable bonds is 2. The van der Waals surface area contributed by atoms with Gasteiger partial charge >= 0.3 is 0 Å². The van der Waals surface area contributed by atoms with Gasteiger partial charge in [-0.25, -0.2) is 9.97 Å². The summed E-state index contributed by atoms with van der Waals surface area (Å²) in [6.07, 6.45) is 0. The molecular formula is C11H6Cl3N3O. The summed E-state index contributed by atoms with van der Waals surface area (Å²) in [4.78, 5) is 19.6. The maximum Gasteiger partial charge on any atom is 0.257 e. The average molecular weight is 303 g/mol. The maximum atomic E-state index is 11.9. The van der Waals surface area contributed by atoms with Crippen molar-refractivity contribution in [2.45, 2.75) is 0 Å². The van der Waals surface area contributed by atoms with Crippen LogP contribution in [0, 0.1) is 0 Å². The minimum atomic E-state index is -0.393. The smallest absolute Gasteiger partial charge is 0.257 e. The summed E-state index contributed by atoms with van der Waals surface area (Å²) in [5.74, 6) is -0.0486. The van der Waals surface area contributed by atoms with Gasteiger partial charge < -0.3 is 5.32 Å². The number of pyridine rings is 2. The first-order valence-electron chi connectivity index (χ1n) is 4.81. The number of hydrogen-bond acceptors (Lipinski definition) is 3. The van der Waals surface area contributed by atoms with E-state index in [1.54, 1.807) is 18.2 Å². The molecule has 2 aromatic rings. The van der Waals surface area contributed by atoms with Gasteiger partial charge in [0.1, 0.15) is 21.3 Å². The van der Waals surface area contributed by atoms with Crippen LogP contribution in [0.2, 0.25) is 15.5 Å². The van der Waals surface area contributed by atoms with E-state index in [0.717, 1.165) is 0 Å². The van der Waals surface area contributed by atoms with Gasteiger partial charge in [-0.05, 0) is 24.3 Å². The Morgan fingerprint density at radius 1 is 1.00 bits per heavy atom. The van der Waals surface area contributed by atoms with E-state index in [0.29, 0.717) is 16.5 Å². The standard InChI is InChI=1S/C11H6Cl3N3O/c12-7-2-1-3-10(16-7)17-11(18)6-4-8(13)15-9(14)5-6/h1-5H,(H,16,17,18). The first-order chi connectivity index (χ1) is 8.54. The van der Waals surface area contributed by atoms with Crippen molar-refractivity contribution in [2.75, 3.05) is 5.32 Å². The second-order valence-corrected chi connectivity index (χ2v) is 4.46. The Hall–Kier alpha value is -1.36. The molecule has 1 amide bonds. The highest BCUT2D eigenvalue weighted by Gasteiger charge is 2.09. The molecule has 0 bridgehead atoms. The zero-order chi connectivity index (χ0) is 13.1. The molecule has 92 valence electrons. The van der Waals surface area contributed by atoms with Gasteiger partial charge in [-0.3, -0.25) is 4.79 Å². The Morgan fingerprint density at radius 3 is 2.28 bits per heavy atom. The fourth-order valence-electron chi connectivity index (χ4n) is 1.26. The number of amides is 1. The minimum Gasteiger partial charge on any atom is -0.307 e. The Kier molecular flexibility index (Phi) is 4.01. The van der Waals surface area contributed by atoms with Gasteiger partial charge in [-0.15, -0.1) is 0 Å². The van der Waals surface area contributed by atoms with E-state index in [9.17, 15) is 4.79 Å². The van der Waals surface area contributed by atoms with E-state index in [1.807, 2.05) is 0 Å². The summed E-state index contributed by atoms with van der Waals surface area (Å²) in [6.45, 7) is 0. The van der Waals surface area contributed by atoms with Crippen molar-refractivity contribution in [2.24, 2.45) is 0 Å². The molecule has 0 unspecified atom stereocenters. The molecule has 2 aromatic heterocycles. The van der Waals surface area contributed by atoms with E-state index < -0.39 is 5.91 Å². The number of carbonyl (C=O) groups is 1. The zero-order valence-corrected chi connectivity index (χ0v) is 11.1. The first kappa shape index (κ1) is 13.1. The van der Waals surface area contributed by atoms with E-state index in [1.165, 1.54) is 12.1 Å². The normalized spacial score (nSPS) is 10.2. The second-order valence-electron chi connectivity index (χ2n) is 3.30. The van der Waals surface area contributed by atoms with Crippen LogP contribution in [0.3, 0.4) is 0 Å². The highest BCUT2D eigenvalue weighted by atomic mass is 35.5. The topological polar surface area (TPSA) is 54.9 Å². The van der Waals surface area contributed by atoms with E-state index in [2.05, 4.69) is 15.3 Å². The molecule has 2 heterocycles. The Balaban J connectivity index is 2.22. The predicted molar refractivity (Wildman–Crippen MR) is 71.5 cm³/mol. The molecule has 0 aliphatic rings. The largest absolute Gasteiger partial charge is 0.307 e. The fraction of sp³-hybridized carbons (Fsp3) is 0. The van der Waals surface area contributed by atoms with Gasteiger partial charge in [0.2, 0.25) is 0 Å². The molecule has 0 spiro atoms. The maximum absolute atomic E-state index is 11.9. The lowest BCUT2D eigenvalue weighted by atomic mass is 10.2. The Labute approximate surface area is 118 Å². The van der Waals surface area contributed by atoms with Gasteiger partial charge in [0, 0.05) is 5.56 Å². The molecule has 0 radical (unpaired) electrons. The van der Waals surface area contributed by atoms with Gasteiger partial charge in [0.25, 0.3) is 5.91 Å².